The number of nitrogens with zero attached hydrogens (tertiary/aromatic N) is 3. The molecule has 9 heteroatoms. The van der Waals surface area contributed by atoms with Crippen LogP contribution in [-0.2, 0) is 27.4 Å². The Bertz CT molecular complexity index is 837. The second-order valence-electron chi connectivity index (χ2n) is 7.29. The van der Waals surface area contributed by atoms with Crippen LogP contribution in [0.4, 0.5) is 5.69 Å². The third-order valence-corrected chi connectivity index (χ3v) is 5.86. The Morgan fingerprint density at radius 2 is 2.28 bits per heavy atom. The summed E-state index contributed by atoms with van der Waals surface area (Å²) in [6.45, 7) is 7.59. The molecule has 7 nitrogen and oxygen atoms in total. The Hall–Kier alpha value is -1.77. The first-order valence-corrected chi connectivity index (χ1v) is 11.1. The van der Waals surface area contributed by atoms with Gasteiger partial charge < -0.3 is 19.4 Å². The number of halogens is 1. The third kappa shape index (κ3) is 6.35. The molecule has 0 bridgehead atoms. The van der Waals surface area contributed by atoms with Gasteiger partial charge in [0.05, 0.1) is 31.1 Å². The van der Waals surface area contributed by atoms with Crippen molar-refractivity contribution in [3.63, 3.8) is 0 Å². The molecule has 1 fully saturated rings. The zero-order valence-electron chi connectivity index (χ0n) is 17.0. The lowest BCUT2D eigenvalue weighted by molar-refractivity contribution is -0.144. The predicted octanol–water partition coefficient (Wildman–Crippen LogP) is 4.07. The number of rotatable bonds is 9. The number of nitrogens with one attached hydrogen (secondary N) is 1. The van der Waals surface area contributed by atoms with E-state index in [1.54, 1.807) is 0 Å². The van der Waals surface area contributed by atoms with E-state index in [1.807, 2.05) is 43.5 Å². The van der Waals surface area contributed by atoms with Gasteiger partial charge in [0.2, 0.25) is 0 Å². The number of aryl methyl sites for hydroxylation is 1. The van der Waals surface area contributed by atoms with Crippen molar-refractivity contribution in [1.29, 1.82) is 0 Å². The average Bonchev–Trinajstić information content (AvgIpc) is 3.31. The van der Waals surface area contributed by atoms with Crippen LogP contribution < -0.4 is 5.32 Å². The summed E-state index contributed by atoms with van der Waals surface area (Å²) in [6, 6.07) is 5.86. The fraction of sp³-hybridized carbons (Fsp3) is 0.550. The molecule has 1 N–H and O–H groups in total. The van der Waals surface area contributed by atoms with Crippen LogP contribution in [0.2, 0.25) is 5.02 Å². The van der Waals surface area contributed by atoms with Crippen molar-refractivity contribution in [2.24, 2.45) is 0 Å². The number of hydrogen-bond donors (Lipinski definition) is 1. The molecule has 0 saturated carbocycles. The molecule has 3 rings (SSSR count). The zero-order chi connectivity index (χ0) is 20.8. The molecule has 0 aliphatic carbocycles. The molecule has 1 aliphatic rings. The molecule has 1 saturated heterocycles. The number of benzene rings is 1. The standard InChI is InChI=1S/C20H27ClN4O3S/c1-13(2)28-19(26)12-29-20-24-23-18(25(20)11-16-5-4-8-27-16)10-22-15-7-6-14(3)17(21)9-15/h6-7,9,13,16,22H,4-5,8,10-12H2,1-3H3. The predicted molar refractivity (Wildman–Crippen MR) is 114 cm³/mol. The SMILES string of the molecule is Cc1ccc(NCc2nnc(SCC(=O)OC(C)C)n2CC2CCCO2)cc1Cl. The highest BCUT2D eigenvalue weighted by molar-refractivity contribution is 7.99. The molecule has 0 radical (unpaired) electrons. The second kappa shape index (κ2) is 10.3. The zero-order valence-corrected chi connectivity index (χ0v) is 18.6. The lowest BCUT2D eigenvalue weighted by Gasteiger charge is -2.15. The van der Waals surface area contributed by atoms with E-state index < -0.39 is 0 Å². The summed E-state index contributed by atoms with van der Waals surface area (Å²) in [7, 11) is 0. The summed E-state index contributed by atoms with van der Waals surface area (Å²) >= 11 is 7.55. The summed E-state index contributed by atoms with van der Waals surface area (Å²) in [6.07, 6.45) is 2.08. The maximum Gasteiger partial charge on any atom is 0.316 e. The smallest absolute Gasteiger partial charge is 0.316 e. The van der Waals surface area contributed by atoms with Crippen molar-refractivity contribution in [3.8, 4) is 0 Å². The molecule has 2 aromatic rings. The van der Waals surface area contributed by atoms with Gasteiger partial charge in [0.25, 0.3) is 0 Å². The minimum Gasteiger partial charge on any atom is -0.462 e. The molecule has 158 valence electrons. The van der Waals surface area contributed by atoms with Crippen LogP contribution in [0.5, 0.6) is 0 Å². The van der Waals surface area contributed by atoms with Crippen LogP contribution in [0.15, 0.2) is 23.4 Å². The normalized spacial score (nSPS) is 16.4. The number of thioether (sulfide) groups is 1. The maximum absolute atomic E-state index is 11.9. The molecular weight excluding hydrogens is 412 g/mol. The summed E-state index contributed by atoms with van der Waals surface area (Å²) < 4.78 is 13.0. The molecule has 29 heavy (non-hydrogen) atoms. The summed E-state index contributed by atoms with van der Waals surface area (Å²) in [4.78, 5) is 11.9. The number of carbonyl (C=O) groups excluding carboxylic acids is 1. The van der Waals surface area contributed by atoms with Crippen molar-refractivity contribution < 1.29 is 14.3 Å². The van der Waals surface area contributed by atoms with Crippen LogP contribution in [0.3, 0.4) is 0 Å². The summed E-state index contributed by atoms with van der Waals surface area (Å²) in [5, 5.41) is 13.4. The van der Waals surface area contributed by atoms with Crippen molar-refractivity contribution in [1.82, 2.24) is 14.8 Å². The number of carbonyl (C=O) groups is 1. The lowest BCUT2D eigenvalue weighted by Crippen LogP contribution is -2.20. The van der Waals surface area contributed by atoms with Crippen LogP contribution >= 0.6 is 23.4 Å². The minimum atomic E-state index is -0.259. The van der Waals surface area contributed by atoms with Gasteiger partial charge in [0.15, 0.2) is 11.0 Å². The molecule has 1 aliphatic heterocycles. The van der Waals surface area contributed by atoms with E-state index in [0.29, 0.717) is 18.2 Å². The number of ether oxygens (including phenoxy) is 2. The highest BCUT2D eigenvalue weighted by atomic mass is 35.5. The van der Waals surface area contributed by atoms with Crippen molar-refractivity contribution in [2.45, 2.75) is 64.1 Å². The van der Waals surface area contributed by atoms with E-state index in [4.69, 9.17) is 21.1 Å². The average molecular weight is 439 g/mol. The van der Waals surface area contributed by atoms with Gasteiger partial charge in [-0.3, -0.25) is 4.79 Å². The van der Waals surface area contributed by atoms with E-state index in [1.165, 1.54) is 11.8 Å². The highest BCUT2D eigenvalue weighted by Gasteiger charge is 2.21. The van der Waals surface area contributed by atoms with Gasteiger partial charge in [-0.2, -0.15) is 0 Å². The number of anilines is 1. The van der Waals surface area contributed by atoms with Gasteiger partial charge in [-0.05, 0) is 51.3 Å². The molecule has 1 unspecified atom stereocenters. The number of hydrogen-bond acceptors (Lipinski definition) is 7. The van der Waals surface area contributed by atoms with Gasteiger partial charge in [-0.25, -0.2) is 0 Å². The molecule has 1 atom stereocenters. The van der Waals surface area contributed by atoms with E-state index in [9.17, 15) is 4.79 Å². The molecule has 1 aromatic heterocycles. The van der Waals surface area contributed by atoms with E-state index in [2.05, 4.69) is 15.5 Å². The Morgan fingerprint density at radius 1 is 1.45 bits per heavy atom. The van der Waals surface area contributed by atoms with Gasteiger partial charge in [0.1, 0.15) is 0 Å². The number of esters is 1. The Labute approximate surface area is 180 Å². The van der Waals surface area contributed by atoms with E-state index >= 15 is 0 Å². The highest BCUT2D eigenvalue weighted by Crippen LogP contribution is 2.23. The van der Waals surface area contributed by atoms with Gasteiger partial charge >= 0.3 is 5.97 Å². The van der Waals surface area contributed by atoms with E-state index in [-0.39, 0.29) is 23.9 Å². The molecule has 1 aromatic carbocycles. The van der Waals surface area contributed by atoms with Crippen LogP contribution in [-0.4, -0.2) is 45.3 Å². The lowest BCUT2D eigenvalue weighted by atomic mass is 10.2. The first-order chi connectivity index (χ1) is 13.9. The molecule has 0 amide bonds. The van der Waals surface area contributed by atoms with Crippen molar-refractivity contribution >= 4 is 35.0 Å². The topological polar surface area (TPSA) is 78.3 Å². The largest absolute Gasteiger partial charge is 0.462 e. The Balaban J connectivity index is 1.70. The van der Waals surface area contributed by atoms with Gasteiger partial charge in [-0.15, -0.1) is 10.2 Å². The minimum absolute atomic E-state index is 0.131. The fourth-order valence-electron chi connectivity index (χ4n) is 3.04. The fourth-order valence-corrected chi connectivity index (χ4v) is 3.97. The first kappa shape index (κ1) is 21.9. The maximum atomic E-state index is 11.9. The summed E-state index contributed by atoms with van der Waals surface area (Å²) in [5.74, 6) is 0.727. The van der Waals surface area contributed by atoms with Gasteiger partial charge in [-0.1, -0.05) is 29.4 Å². The third-order valence-electron chi connectivity index (χ3n) is 4.51. The summed E-state index contributed by atoms with van der Waals surface area (Å²) in [5.41, 5.74) is 1.95. The van der Waals surface area contributed by atoms with Crippen molar-refractivity contribution in [2.75, 3.05) is 17.7 Å². The monoisotopic (exact) mass is 438 g/mol. The quantitative estimate of drug-likeness (QED) is 0.467. The van der Waals surface area contributed by atoms with Crippen LogP contribution in [0, 0.1) is 6.92 Å². The number of aromatic nitrogens is 3. The first-order valence-electron chi connectivity index (χ1n) is 9.78. The Morgan fingerprint density at radius 3 is 2.97 bits per heavy atom. The van der Waals surface area contributed by atoms with Crippen LogP contribution in [0.25, 0.3) is 0 Å². The van der Waals surface area contributed by atoms with Crippen LogP contribution in [0.1, 0.15) is 38.1 Å². The molecular formula is C20H27ClN4O3S. The van der Waals surface area contributed by atoms with Crippen molar-refractivity contribution in [3.05, 3.63) is 34.6 Å². The van der Waals surface area contributed by atoms with E-state index in [0.717, 1.165) is 41.5 Å². The van der Waals surface area contributed by atoms with Gasteiger partial charge in [0, 0.05) is 17.3 Å². The second-order valence-corrected chi connectivity index (χ2v) is 8.64. The molecule has 0 spiro atoms. The Kier molecular flexibility index (Phi) is 7.80. The molecule has 2 heterocycles.